The van der Waals surface area contributed by atoms with E-state index in [2.05, 4.69) is 31.8 Å². The summed E-state index contributed by atoms with van der Waals surface area (Å²) in [6.45, 7) is 1.61. The molecule has 3 rings (SSSR count). The number of benzene rings is 3. The van der Waals surface area contributed by atoms with Crippen molar-refractivity contribution in [1.82, 2.24) is 10.7 Å². The number of hydrogen-bond acceptors (Lipinski definition) is 5. The zero-order chi connectivity index (χ0) is 24.7. The molecule has 2 N–H and O–H groups in total. The fraction of sp³-hybridized carbons (Fsp3) is 0.0833. The first-order chi connectivity index (χ1) is 16.2. The van der Waals surface area contributed by atoms with Crippen LogP contribution in [0.2, 0.25) is 10.0 Å². The van der Waals surface area contributed by atoms with Crippen LogP contribution in [-0.2, 0) is 4.79 Å². The minimum atomic E-state index is -0.558. The average Bonchev–Trinajstić information content (AvgIpc) is 2.81. The molecule has 0 saturated heterocycles. The van der Waals surface area contributed by atoms with Gasteiger partial charge in [0.15, 0.2) is 0 Å². The van der Waals surface area contributed by atoms with Crippen molar-refractivity contribution < 1.29 is 19.1 Å². The standard InChI is InChI=1S/C24H18BrCl2N3O4/c1-14-2-4-15(5-3-14)24(33)34-21-9-7-18(25)10-17(21)12-29-30-22(31)13-28-23(32)16-6-8-19(26)20(27)11-16/h2-12H,13H2,1H3,(H,28,32)(H,30,31)/b29-12-. The van der Waals surface area contributed by atoms with Crippen molar-refractivity contribution >= 4 is 63.1 Å². The van der Waals surface area contributed by atoms with Crippen molar-refractivity contribution in [2.45, 2.75) is 6.92 Å². The van der Waals surface area contributed by atoms with E-state index in [1.165, 1.54) is 24.4 Å². The highest BCUT2D eigenvalue weighted by Crippen LogP contribution is 2.23. The van der Waals surface area contributed by atoms with Gasteiger partial charge in [0.1, 0.15) is 5.75 Å². The fourth-order valence-corrected chi connectivity index (χ4v) is 3.35. The third kappa shape index (κ3) is 7.15. The van der Waals surface area contributed by atoms with E-state index in [1.807, 2.05) is 19.1 Å². The van der Waals surface area contributed by atoms with Gasteiger partial charge in [-0.25, -0.2) is 10.2 Å². The Bertz CT molecular complexity index is 1260. The van der Waals surface area contributed by atoms with Crippen LogP contribution in [0.5, 0.6) is 5.75 Å². The second kappa shape index (κ2) is 11.8. The Kier molecular flexibility index (Phi) is 8.81. The first kappa shape index (κ1) is 25.4. The monoisotopic (exact) mass is 561 g/mol. The normalized spacial score (nSPS) is 10.7. The number of ether oxygens (including phenoxy) is 1. The molecule has 0 fully saturated rings. The highest BCUT2D eigenvalue weighted by atomic mass is 79.9. The van der Waals surface area contributed by atoms with Gasteiger partial charge in [0.2, 0.25) is 0 Å². The summed E-state index contributed by atoms with van der Waals surface area (Å²) >= 11 is 15.1. The number of rotatable bonds is 7. The maximum Gasteiger partial charge on any atom is 0.343 e. The van der Waals surface area contributed by atoms with E-state index >= 15 is 0 Å². The van der Waals surface area contributed by atoms with E-state index in [0.29, 0.717) is 16.1 Å². The second-order valence-corrected chi connectivity index (χ2v) is 8.77. The van der Waals surface area contributed by atoms with E-state index in [9.17, 15) is 14.4 Å². The summed E-state index contributed by atoms with van der Waals surface area (Å²) in [5.41, 5.74) is 4.46. The molecule has 2 amide bonds. The number of carbonyl (C=O) groups is 3. The molecule has 3 aromatic carbocycles. The molecule has 0 heterocycles. The Morgan fingerprint density at radius 3 is 2.38 bits per heavy atom. The van der Waals surface area contributed by atoms with Crippen LogP contribution in [0.3, 0.4) is 0 Å². The molecular formula is C24H18BrCl2N3O4. The molecule has 0 bridgehead atoms. The van der Waals surface area contributed by atoms with Gasteiger partial charge < -0.3 is 10.1 Å². The van der Waals surface area contributed by atoms with E-state index < -0.39 is 17.8 Å². The van der Waals surface area contributed by atoms with Crippen molar-refractivity contribution in [3.8, 4) is 5.75 Å². The van der Waals surface area contributed by atoms with E-state index in [4.69, 9.17) is 27.9 Å². The summed E-state index contributed by atoms with van der Waals surface area (Å²) in [7, 11) is 0. The summed E-state index contributed by atoms with van der Waals surface area (Å²) in [6, 6.07) is 16.4. The Morgan fingerprint density at radius 1 is 0.971 bits per heavy atom. The van der Waals surface area contributed by atoms with E-state index in [0.717, 1.165) is 10.0 Å². The van der Waals surface area contributed by atoms with Crippen LogP contribution >= 0.6 is 39.1 Å². The van der Waals surface area contributed by atoms with Crippen LogP contribution in [0.15, 0.2) is 70.2 Å². The highest BCUT2D eigenvalue weighted by Gasteiger charge is 2.12. The number of aryl methyl sites for hydroxylation is 1. The number of amides is 2. The summed E-state index contributed by atoms with van der Waals surface area (Å²) in [4.78, 5) is 36.6. The lowest BCUT2D eigenvalue weighted by atomic mass is 10.1. The zero-order valence-corrected chi connectivity index (χ0v) is 20.9. The van der Waals surface area contributed by atoms with Crippen LogP contribution in [-0.4, -0.2) is 30.5 Å². The number of halogens is 3. The minimum Gasteiger partial charge on any atom is -0.422 e. The lowest BCUT2D eigenvalue weighted by molar-refractivity contribution is -0.120. The molecular weight excluding hydrogens is 545 g/mol. The van der Waals surface area contributed by atoms with Crippen LogP contribution in [0.4, 0.5) is 0 Å². The molecule has 174 valence electrons. The maximum atomic E-state index is 12.4. The first-order valence-corrected chi connectivity index (χ1v) is 11.4. The van der Waals surface area contributed by atoms with Gasteiger partial charge in [-0.3, -0.25) is 9.59 Å². The fourth-order valence-electron chi connectivity index (χ4n) is 2.67. The van der Waals surface area contributed by atoms with Gasteiger partial charge in [-0.05, 0) is 55.5 Å². The SMILES string of the molecule is Cc1ccc(C(=O)Oc2ccc(Br)cc2/C=N\NC(=O)CNC(=O)c2ccc(Cl)c(Cl)c2)cc1. The predicted octanol–water partition coefficient (Wildman–Crippen LogP) is 5.16. The number of esters is 1. The third-order valence-corrected chi connectivity index (χ3v) is 5.68. The van der Waals surface area contributed by atoms with Crippen molar-refractivity contribution in [2.75, 3.05) is 6.54 Å². The van der Waals surface area contributed by atoms with E-state index in [-0.39, 0.29) is 22.9 Å². The minimum absolute atomic E-state index is 0.233. The maximum absolute atomic E-state index is 12.4. The van der Waals surface area contributed by atoms with Crippen molar-refractivity contribution in [3.05, 3.63) is 97.4 Å². The van der Waals surface area contributed by atoms with Gasteiger partial charge in [0, 0.05) is 15.6 Å². The van der Waals surface area contributed by atoms with Gasteiger partial charge in [-0.1, -0.05) is 56.8 Å². The smallest absolute Gasteiger partial charge is 0.343 e. The summed E-state index contributed by atoms with van der Waals surface area (Å²) in [6.07, 6.45) is 1.33. The van der Waals surface area contributed by atoms with Gasteiger partial charge in [-0.2, -0.15) is 5.10 Å². The Labute approximate surface area is 214 Å². The molecule has 0 unspecified atom stereocenters. The Hall–Kier alpha value is -3.20. The average molecular weight is 563 g/mol. The van der Waals surface area contributed by atoms with Gasteiger partial charge in [-0.15, -0.1) is 0 Å². The molecule has 0 aliphatic rings. The van der Waals surface area contributed by atoms with Crippen molar-refractivity contribution in [3.63, 3.8) is 0 Å². The zero-order valence-electron chi connectivity index (χ0n) is 17.8. The summed E-state index contributed by atoms with van der Waals surface area (Å²) in [5.74, 6) is -1.31. The molecule has 0 spiro atoms. The van der Waals surface area contributed by atoms with Crippen LogP contribution in [0, 0.1) is 6.92 Å². The van der Waals surface area contributed by atoms with Gasteiger partial charge in [0.05, 0.1) is 28.4 Å². The second-order valence-electron chi connectivity index (χ2n) is 7.04. The molecule has 0 aromatic heterocycles. The number of nitrogens with one attached hydrogen (secondary N) is 2. The Morgan fingerprint density at radius 2 is 1.68 bits per heavy atom. The lowest BCUT2D eigenvalue weighted by Gasteiger charge is -2.08. The van der Waals surface area contributed by atoms with Crippen LogP contribution < -0.4 is 15.5 Å². The van der Waals surface area contributed by atoms with Gasteiger partial charge in [0.25, 0.3) is 11.8 Å². The molecule has 0 aliphatic carbocycles. The van der Waals surface area contributed by atoms with Crippen molar-refractivity contribution in [2.24, 2.45) is 5.10 Å². The Balaban J connectivity index is 1.59. The molecule has 34 heavy (non-hydrogen) atoms. The molecule has 0 radical (unpaired) electrons. The number of nitrogens with zero attached hydrogens (tertiary/aromatic N) is 1. The molecule has 3 aromatic rings. The first-order valence-electron chi connectivity index (χ1n) is 9.86. The molecule has 0 atom stereocenters. The number of hydrogen-bond donors (Lipinski definition) is 2. The van der Waals surface area contributed by atoms with Crippen LogP contribution in [0.1, 0.15) is 31.8 Å². The third-order valence-electron chi connectivity index (χ3n) is 4.45. The van der Waals surface area contributed by atoms with Gasteiger partial charge >= 0.3 is 5.97 Å². The number of hydrazone groups is 1. The molecule has 10 heteroatoms. The summed E-state index contributed by atoms with van der Waals surface area (Å²) in [5, 5.41) is 6.90. The van der Waals surface area contributed by atoms with Crippen molar-refractivity contribution in [1.29, 1.82) is 0 Å². The molecule has 0 aliphatic heterocycles. The quantitative estimate of drug-likeness (QED) is 0.180. The van der Waals surface area contributed by atoms with E-state index in [1.54, 1.807) is 30.3 Å². The topological polar surface area (TPSA) is 96.9 Å². The highest BCUT2D eigenvalue weighted by molar-refractivity contribution is 9.10. The largest absolute Gasteiger partial charge is 0.422 e. The predicted molar refractivity (Wildman–Crippen MR) is 135 cm³/mol. The molecule has 7 nitrogen and oxygen atoms in total. The molecule has 0 saturated carbocycles. The lowest BCUT2D eigenvalue weighted by Crippen LogP contribution is -2.34. The summed E-state index contributed by atoms with van der Waals surface area (Å²) < 4.78 is 6.22. The van der Waals surface area contributed by atoms with Crippen LogP contribution in [0.25, 0.3) is 0 Å². The number of carbonyl (C=O) groups excluding carboxylic acids is 3.